The fraction of sp³-hybridized carbons (Fsp3) is 0.500. The zero-order chi connectivity index (χ0) is 17.8. The predicted molar refractivity (Wildman–Crippen MR) is 100 cm³/mol. The Morgan fingerprint density at radius 2 is 2.00 bits per heavy atom. The van der Waals surface area contributed by atoms with Gasteiger partial charge in [-0.15, -0.1) is 0 Å². The summed E-state index contributed by atoms with van der Waals surface area (Å²) in [6.07, 6.45) is 7.34. The monoisotopic (exact) mass is 354 g/mol. The van der Waals surface area contributed by atoms with Crippen LogP contribution in [0.3, 0.4) is 0 Å². The van der Waals surface area contributed by atoms with Gasteiger partial charge in [-0.25, -0.2) is 0 Å². The molecule has 0 saturated carbocycles. The summed E-state index contributed by atoms with van der Waals surface area (Å²) in [4.78, 5) is 17.0. The number of para-hydroxylation sites is 2. The largest absolute Gasteiger partial charge is 0.490 e. The Bertz CT molecular complexity index is 723. The summed E-state index contributed by atoms with van der Waals surface area (Å²) in [7, 11) is 0. The molecule has 1 aromatic heterocycles. The van der Waals surface area contributed by atoms with Crippen molar-refractivity contribution >= 4 is 11.6 Å². The lowest BCUT2D eigenvalue weighted by molar-refractivity contribution is -0.120. The lowest BCUT2D eigenvalue weighted by atomic mass is 9.93. The molecule has 6 heteroatoms. The molecule has 1 aromatic carbocycles. The highest BCUT2D eigenvalue weighted by Gasteiger charge is 2.26. The highest BCUT2D eigenvalue weighted by atomic mass is 16.5. The molecule has 0 aliphatic carbocycles. The number of hydrogen-bond acceptors (Lipinski definition) is 4. The average Bonchev–Trinajstić information content (AvgIpc) is 3.20. The molecule has 1 fully saturated rings. The number of likely N-dealkylation sites (tertiary alicyclic amines) is 1. The van der Waals surface area contributed by atoms with Crippen LogP contribution in [0.2, 0.25) is 0 Å². The third-order valence-electron chi connectivity index (χ3n) is 5.42. The van der Waals surface area contributed by atoms with E-state index in [0.717, 1.165) is 49.8 Å². The van der Waals surface area contributed by atoms with Gasteiger partial charge in [0.25, 0.3) is 0 Å². The number of benzene rings is 1. The summed E-state index contributed by atoms with van der Waals surface area (Å²) in [6.45, 7) is 4.69. The number of anilines is 1. The number of fused-ring (bicyclic) bond motifs is 1. The van der Waals surface area contributed by atoms with Crippen molar-refractivity contribution in [2.24, 2.45) is 5.92 Å². The SMILES string of the molecule is O=C(CN1CCC(CCn2cccn2)CC1)N1CCOc2ccccc21. The van der Waals surface area contributed by atoms with Gasteiger partial charge in [-0.3, -0.25) is 14.4 Å². The lowest BCUT2D eigenvalue weighted by Gasteiger charge is -2.34. The van der Waals surface area contributed by atoms with Crippen LogP contribution in [-0.2, 0) is 11.3 Å². The number of ether oxygens (including phenoxy) is 1. The van der Waals surface area contributed by atoms with Crippen molar-refractivity contribution < 1.29 is 9.53 Å². The van der Waals surface area contributed by atoms with E-state index in [2.05, 4.69) is 10.00 Å². The molecule has 138 valence electrons. The van der Waals surface area contributed by atoms with Gasteiger partial charge in [0.05, 0.1) is 18.8 Å². The van der Waals surface area contributed by atoms with Crippen molar-refractivity contribution in [2.75, 3.05) is 37.7 Å². The summed E-state index contributed by atoms with van der Waals surface area (Å²) < 4.78 is 7.66. The van der Waals surface area contributed by atoms with Crippen molar-refractivity contribution in [3.8, 4) is 5.75 Å². The molecule has 0 bridgehead atoms. The smallest absolute Gasteiger partial charge is 0.241 e. The van der Waals surface area contributed by atoms with Crippen LogP contribution in [0.25, 0.3) is 0 Å². The summed E-state index contributed by atoms with van der Waals surface area (Å²) in [6, 6.07) is 9.77. The van der Waals surface area contributed by atoms with E-state index in [4.69, 9.17) is 4.74 Å². The number of carbonyl (C=O) groups is 1. The molecule has 0 spiro atoms. The van der Waals surface area contributed by atoms with Crippen molar-refractivity contribution in [2.45, 2.75) is 25.8 Å². The Morgan fingerprint density at radius 1 is 1.15 bits per heavy atom. The zero-order valence-corrected chi connectivity index (χ0v) is 15.1. The quantitative estimate of drug-likeness (QED) is 0.827. The molecular weight excluding hydrogens is 328 g/mol. The summed E-state index contributed by atoms with van der Waals surface area (Å²) in [5, 5.41) is 4.27. The van der Waals surface area contributed by atoms with Gasteiger partial charge in [0.1, 0.15) is 12.4 Å². The molecule has 0 N–H and O–H groups in total. The Balaban J connectivity index is 1.26. The molecule has 0 radical (unpaired) electrons. The number of rotatable bonds is 5. The number of piperidine rings is 1. The first-order chi connectivity index (χ1) is 12.8. The molecule has 1 saturated heterocycles. The standard InChI is InChI=1S/C20H26N4O2/c25-20(24-14-15-26-19-5-2-1-4-18(19)24)16-22-11-6-17(7-12-22)8-13-23-10-3-9-21-23/h1-5,9-10,17H,6-8,11-16H2. The van der Waals surface area contributed by atoms with E-state index in [1.165, 1.54) is 6.42 Å². The second kappa shape index (κ2) is 7.91. The minimum Gasteiger partial charge on any atom is -0.490 e. The van der Waals surface area contributed by atoms with Gasteiger partial charge in [0.15, 0.2) is 0 Å². The van der Waals surface area contributed by atoms with Crippen molar-refractivity contribution in [3.63, 3.8) is 0 Å². The van der Waals surface area contributed by atoms with Crippen molar-refractivity contribution in [3.05, 3.63) is 42.7 Å². The van der Waals surface area contributed by atoms with E-state index in [-0.39, 0.29) is 5.91 Å². The van der Waals surface area contributed by atoms with Crippen LogP contribution in [0.15, 0.2) is 42.7 Å². The number of amides is 1. The second-order valence-electron chi connectivity index (χ2n) is 7.14. The Labute approximate surface area is 154 Å². The first kappa shape index (κ1) is 17.1. The third kappa shape index (κ3) is 3.90. The van der Waals surface area contributed by atoms with Gasteiger partial charge < -0.3 is 9.64 Å². The fourth-order valence-corrected chi connectivity index (χ4v) is 3.89. The van der Waals surface area contributed by atoms with Gasteiger partial charge in [-0.1, -0.05) is 12.1 Å². The van der Waals surface area contributed by atoms with Crippen LogP contribution >= 0.6 is 0 Å². The van der Waals surface area contributed by atoms with Crippen LogP contribution < -0.4 is 9.64 Å². The van der Waals surface area contributed by atoms with E-state index in [9.17, 15) is 4.79 Å². The van der Waals surface area contributed by atoms with Crippen LogP contribution in [0.5, 0.6) is 5.75 Å². The lowest BCUT2D eigenvalue weighted by Crippen LogP contribution is -2.46. The Kier molecular flexibility index (Phi) is 5.20. The van der Waals surface area contributed by atoms with E-state index < -0.39 is 0 Å². The first-order valence-electron chi connectivity index (χ1n) is 9.51. The maximum atomic E-state index is 12.8. The van der Waals surface area contributed by atoms with Crippen LogP contribution in [0.1, 0.15) is 19.3 Å². The topological polar surface area (TPSA) is 50.6 Å². The van der Waals surface area contributed by atoms with Crippen LogP contribution in [0, 0.1) is 5.92 Å². The van der Waals surface area contributed by atoms with Gasteiger partial charge >= 0.3 is 0 Å². The second-order valence-corrected chi connectivity index (χ2v) is 7.14. The molecule has 3 heterocycles. The van der Waals surface area contributed by atoms with Gasteiger partial charge in [0, 0.05) is 18.9 Å². The highest BCUT2D eigenvalue weighted by molar-refractivity contribution is 5.96. The Hall–Kier alpha value is -2.34. The maximum Gasteiger partial charge on any atom is 0.241 e. The molecule has 0 atom stereocenters. The number of hydrogen-bond donors (Lipinski definition) is 0. The number of aryl methyl sites for hydroxylation is 1. The normalized spacial score (nSPS) is 18.4. The molecule has 2 aliphatic rings. The molecule has 2 aromatic rings. The number of carbonyl (C=O) groups excluding carboxylic acids is 1. The first-order valence-corrected chi connectivity index (χ1v) is 9.51. The minimum atomic E-state index is 0.177. The fourth-order valence-electron chi connectivity index (χ4n) is 3.89. The zero-order valence-electron chi connectivity index (χ0n) is 15.1. The molecular formula is C20H26N4O2. The van der Waals surface area contributed by atoms with Crippen LogP contribution in [0.4, 0.5) is 5.69 Å². The van der Waals surface area contributed by atoms with Gasteiger partial charge in [-0.2, -0.15) is 5.10 Å². The number of nitrogens with zero attached hydrogens (tertiary/aromatic N) is 4. The molecule has 4 rings (SSSR count). The van der Waals surface area contributed by atoms with Crippen LogP contribution in [-0.4, -0.2) is 53.4 Å². The molecule has 6 nitrogen and oxygen atoms in total. The molecule has 0 unspecified atom stereocenters. The molecule has 1 amide bonds. The minimum absolute atomic E-state index is 0.177. The maximum absolute atomic E-state index is 12.8. The van der Waals surface area contributed by atoms with E-state index in [0.29, 0.717) is 19.7 Å². The number of aromatic nitrogens is 2. The van der Waals surface area contributed by atoms with Crippen molar-refractivity contribution in [1.82, 2.24) is 14.7 Å². The van der Waals surface area contributed by atoms with E-state index in [1.807, 2.05) is 52.3 Å². The van der Waals surface area contributed by atoms with E-state index in [1.54, 1.807) is 0 Å². The average molecular weight is 354 g/mol. The van der Waals surface area contributed by atoms with Gasteiger partial charge in [-0.05, 0) is 56.5 Å². The molecule has 2 aliphatic heterocycles. The van der Waals surface area contributed by atoms with E-state index >= 15 is 0 Å². The summed E-state index contributed by atoms with van der Waals surface area (Å²) in [5.41, 5.74) is 0.901. The predicted octanol–water partition coefficient (Wildman–Crippen LogP) is 2.41. The highest BCUT2D eigenvalue weighted by Crippen LogP contribution is 2.31. The van der Waals surface area contributed by atoms with Crippen molar-refractivity contribution in [1.29, 1.82) is 0 Å². The summed E-state index contributed by atoms with van der Waals surface area (Å²) >= 11 is 0. The Morgan fingerprint density at radius 3 is 2.81 bits per heavy atom. The van der Waals surface area contributed by atoms with Gasteiger partial charge in [0.2, 0.25) is 5.91 Å². The summed E-state index contributed by atoms with van der Waals surface area (Å²) in [5.74, 6) is 1.72. The molecule has 26 heavy (non-hydrogen) atoms. The third-order valence-corrected chi connectivity index (χ3v) is 5.42.